The Bertz CT molecular complexity index is 969. The molecule has 0 fully saturated rings. The molecule has 0 N–H and O–H groups in total. The van der Waals surface area contributed by atoms with Gasteiger partial charge in [0.15, 0.2) is 0 Å². The molecule has 0 atom stereocenters. The summed E-state index contributed by atoms with van der Waals surface area (Å²) in [6, 6.07) is 0. The Morgan fingerprint density at radius 2 is 0.259 bits per heavy atom. The maximum absolute atomic E-state index is 11.5. The van der Waals surface area contributed by atoms with Gasteiger partial charge in [-0.3, -0.25) is 38.4 Å². The van der Waals surface area contributed by atoms with E-state index in [2.05, 4.69) is 0 Å². The fourth-order valence-electron chi connectivity index (χ4n) is 2.70. The van der Waals surface area contributed by atoms with E-state index in [1.807, 2.05) is 166 Å². The summed E-state index contributed by atoms with van der Waals surface area (Å²) in [5, 5.41) is 0. The fourth-order valence-corrected chi connectivity index (χ4v) is 2.70. The normalized spacial score (nSPS) is 12.3. The summed E-state index contributed by atoms with van der Waals surface area (Å²) in [6.07, 6.45) is 0.250. The summed E-state index contributed by atoms with van der Waals surface area (Å²) >= 11 is 0. The van der Waals surface area contributed by atoms with Crippen LogP contribution in [-0.4, -0.2) is 81.0 Å². The maximum Gasteiger partial charge on any atom is 3.00 e. The van der Waals surface area contributed by atoms with Gasteiger partial charge in [0.25, 0.3) is 0 Å². The SMILES string of the molecule is CC(C)(C)C(=O)CC(=O)C(C)(C)C.CC(C)(C)C(=O)CC(=O)C(C)(C)C.CC(C)(C)C(=O)CC(=O)C(C)(C)C.CC(C)(C)C(=O)CC(=O)C(C)(C)C.[Al+3].[Al+3]. The van der Waals surface area contributed by atoms with Crippen molar-refractivity contribution in [1.82, 2.24) is 0 Å². The van der Waals surface area contributed by atoms with Crippen LogP contribution in [0.2, 0.25) is 0 Å². The molecule has 0 aliphatic rings. The Kier molecular flexibility index (Phi) is 28.1. The van der Waals surface area contributed by atoms with Crippen LogP contribution in [0.25, 0.3) is 0 Å². The Hall–Kier alpha value is -1.58. The van der Waals surface area contributed by atoms with Crippen LogP contribution in [0.1, 0.15) is 192 Å². The number of hydrogen-bond donors (Lipinski definition) is 0. The third kappa shape index (κ3) is 31.6. The molecule has 0 aliphatic heterocycles. The molecule has 0 aromatic carbocycles. The average molecular weight is 791 g/mol. The molecule has 304 valence electrons. The summed E-state index contributed by atoms with van der Waals surface area (Å²) in [7, 11) is 0. The van der Waals surface area contributed by atoms with Crippen molar-refractivity contribution in [1.29, 1.82) is 0 Å². The third-order valence-corrected chi connectivity index (χ3v) is 7.98. The molecule has 0 aromatic rings. The molecule has 0 aromatic heterocycles. The van der Waals surface area contributed by atoms with Crippen LogP contribution in [0.3, 0.4) is 0 Å². The van der Waals surface area contributed by atoms with Gasteiger partial charge in [0, 0.05) is 43.3 Å². The van der Waals surface area contributed by atoms with Crippen LogP contribution < -0.4 is 0 Å². The fraction of sp³-hybridized carbons (Fsp3) is 0.818. The summed E-state index contributed by atoms with van der Waals surface area (Å²) in [5.41, 5.74) is -3.21. The first-order chi connectivity index (χ1) is 22.2. The van der Waals surface area contributed by atoms with Crippen LogP contribution in [0, 0.1) is 43.3 Å². The topological polar surface area (TPSA) is 137 Å². The van der Waals surface area contributed by atoms with E-state index in [4.69, 9.17) is 0 Å². The van der Waals surface area contributed by atoms with Gasteiger partial charge in [0.05, 0.1) is 25.7 Å². The van der Waals surface area contributed by atoms with E-state index < -0.39 is 43.3 Å². The van der Waals surface area contributed by atoms with Gasteiger partial charge < -0.3 is 0 Å². The predicted molar refractivity (Wildman–Crippen MR) is 226 cm³/mol. The molecule has 0 rings (SSSR count). The van der Waals surface area contributed by atoms with E-state index >= 15 is 0 Å². The molecular formula is C44H80Al2O8+6. The van der Waals surface area contributed by atoms with Gasteiger partial charge in [0.2, 0.25) is 0 Å². The largest absolute Gasteiger partial charge is 3.00 e. The molecule has 8 nitrogen and oxygen atoms in total. The van der Waals surface area contributed by atoms with Crippen molar-refractivity contribution in [2.75, 3.05) is 0 Å². The van der Waals surface area contributed by atoms with E-state index in [1.54, 1.807) is 0 Å². The van der Waals surface area contributed by atoms with E-state index in [-0.39, 0.29) is 107 Å². The molecule has 0 amide bonds. The third-order valence-electron chi connectivity index (χ3n) is 7.98. The zero-order chi connectivity index (χ0) is 43.4. The van der Waals surface area contributed by atoms with E-state index in [1.165, 1.54) is 0 Å². The zero-order valence-corrected chi connectivity index (χ0v) is 41.6. The van der Waals surface area contributed by atoms with Crippen LogP contribution in [0.5, 0.6) is 0 Å². The molecule has 0 saturated heterocycles. The minimum atomic E-state index is -0.402. The van der Waals surface area contributed by atoms with Gasteiger partial charge in [-0.1, -0.05) is 166 Å². The number of carbonyl (C=O) groups excluding carboxylic acids is 8. The monoisotopic (exact) mass is 791 g/mol. The van der Waals surface area contributed by atoms with Gasteiger partial charge in [-0.15, -0.1) is 0 Å². The number of Topliss-reactive ketones (excluding diaryl/α,β-unsaturated/α-hetero) is 8. The summed E-state index contributed by atoms with van der Waals surface area (Å²) in [4.78, 5) is 92.0. The van der Waals surface area contributed by atoms with Crippen molar-refractivity contribution in [2.24, 2.45) is 43.3 Å². The first kappa shape index (κ1) is 64.3. The first-order valence-electron chi connectivity index (χ1n) is 18.5. The van der Waals surface area contributed by atoms with Crippen LogP contribution >= 0.6 is 0 Å². The molecule has 0 aliphatic carbocycles. The van der Waals surface area contributed by atoms with Crippen LogP contribution in [0.4, 0.5) is 0 Å². The van der Waals surface area contributed by atoms with E-state index in [0.29, 0.717) is 0 Å². The molecule has 10 heteroatoms. The second kappa shape index (κ2) is 23.6. The number of carbonyl (C=O) groups is 8. The maximum atomic E-state index is 11.5. The van der Waals surface area contributed by atoms with E-state index in [9.17, 15) is 38.4 Å². The summed E-state index contributed by atoms with van der Waals surface area (Å²) in [6.45, 7) is 44.1. The van der Waals surface area contributed by atoms with Gasteiger partial charge in [0.1, 0.15) is 46.3 Å². The number of rotatable bonds is 8. The van der Waals surface area contributed by atoms with Gasteiger partial charge >= 0.3 is 34.7 Å². The zero-order valence-electron chi connectivity index (χ0n) is 39.2. The van der Waals surface area contributed by atoms with Crippen LogP contribution in [-0.2, 0) is 38.4 Å². The second-order valence-electron chi connectivity index (χ2n) is 22.1. The molecule has 0 unspecified atom stereocenters. The molecule has 54 heavy (non-hydrogen) atoms. The minimum absolute atomic E-state index is 0. The standard InChI is InChI=1S/4C11H20O2.2Al/c4*1-10(2,3)8(12)7-9(13)11(4,5)6;;/h4*7H2,1-6H3;;/q;;;;2*+3. The Labute approximate surface area is 352 Å². The van der Waals surface area contributed by atoms with Gasteiger partial charge in [-0.2, -0.15) is 0 Å². The van der Waals surface area contributed by atoms with Crippen molar-refractivity contribution in [3.63, 3.8) is 0 Å². The smallest absolute Gasteiger partial charge is 0.299 e. The number of hydrogen-bond acceptors (Lipinski definition) is 8. The van der Waals surface area contributed by atoms with Crippen molar-refractivity contribution in [3.05, 3.63) is 0 Å². The molecule has 0 heterocycles. The molecule has 0 saturated carbocycles. The van der Waals surface area contributed by atoms with Crippen molar-refractivity contribution < 1.29 is 38.4 Å². The quantitative estimate of drug-likeness (QED) is 0.175. The molecule has 0 spiro atoms. The van der Waals surface area contributed by atoms with Gasteiger partial charge in [-0.05, 0) is 0 Å². The van der Waals surface area contributed by atoms with Crippen molar-refractivity contribution in [3.8, 4) is 0 Å². The second-order valence-corrected chi connectivity index (χ2v) is 22.1. The molecular weight excluding hydrogens is 710 g/mol. The summed E-state index contributed by atoms with van der Waals surface area (Å²) < 4.78 is 0. The number of ketones is 8. The van der Waals surface area contributed by atoms with Gasteiger partial charge in [-0.25, -0.2) is 0 Å². The summed E-state index contributed by atoms with van der Waals surface area (Å²) in [5.74, 6) is 0.166. The minimum Gasteiger partial charge on any atom is -0.299 e. The Morgan fingerprint density at radius 1 is 0.204 bits per heavy atom. The average Bonchev–Trinajstić information content (AvgIpc) is 2.85. The first-order valence-corrected chi connectivity index (χ1v) is 18.5. The Balaban J connectivity index is -0.000000140. The Morgan fingerprint density at radius 3 is 0.296 bits per heavy atom. The predicted octanol–water partition coefficient (Wildman–Crippen LogP) is 9.67. The molecule has 0 bridgehead atoms. The molecule has 0 radical (unpaired) electrons. The van der Waals surface area contributed by atoms with E-state index in [0.717, 1.165) is 0 Å². The van der Waals surface area contributed by atoms with Crippen LogP contribution in [0.15, 0.2) is 0 Å². The van der Waals surface area contributed by atoms with Crippen molar-refractivity contribution in [2.45, 2.75) is 192 Å². The van der Waals surface area contributed by atoms with Crippen molar-refractivity contribution >= 4 is 81.0 Å².